The molecule has 0 radical (unpaired) electrons. The van der Waals surface area contributed by atoms with Gasteiger partial charge in [-0.3, -0.25) is 9.89 Å². The molecule has 1 aliphatic carbocycles. The van der Waals surface area contributed by atoms with E-state index in [1.165, 1.54) is 69.2 Å². The second-order valence-electron chi connectivity index (χ2n) is 9.35. The summed E-state index contributed by atoms with van der Waals surface area (Å²) >= 11 is 0. The third-order valence-corrected chi connectivity index (χ3v) is 7.61. The van der Waals surface area contributed by atoms with Gasteiger partial charge in [0.15, 0.2) is 0 Å². The van der Waals surface area contributed by atoms with Crippen LogP contribution in [0.2, 0.25) is 0 Å². The minimum atomic E-state index is 0.397. The number of hydrogen-bond acceptors (Lipinski definition) is 2. The average molecular weight is 387 g/mol. The van der Waals surface area contributed by atoms with Gasteiger partial charge in [-0.05, 0) is 61.7 Å². The molecule has 4 aliphatic rings. The van der Waals surface area contributed by atoms with Crippen LogP contribution in [0.5, 0.6) is 0 Å². The number of fused-ring (bicyclic) bond motifs is 3. The molecule has 3 saturated heterocycles. The molecule has 2 atom stereocenters. The van der Waals surface area contributed by atoms with E-state index < -0.39 is 0 Å². The van der Waals surface area contributed by atoms with Gasteiger partial charge in [0.1, 0.15) is 0 Å². The first-order valence-electron chi connectivity index (χ1n) is 11.8. The Labute approximate surface area is 176 Å². The average Bonchev–Trinajstić information content (AvgIpc) is 2.81. The number of rotatable bonds is 5. The third kappa shape index (κ3) is 4.05. The summed E-state index contributed by atoms with van der Waals surface area (Å²) in [4.78, 5) is 8.13. The number of piperidine rings is 3. The Morgan fingerprint density at radius 2 is 1.34 bits per heavy atom. The predicted molar refractivity (Wildman–Crippen MR) is 122 cm³/mol. The topological polar surface area (TPSA) is 15.6 Å². The fourth-order valence-electron chi connectivity index (χ4n) is 6.08. The largest absolute Gasteiger partial charge is 0.297 e. The maximum absolute atomic E-state index is 5.38. The fourth-order valence-corrected chi connectivity index (χ4v) is 6.08. The summed E-state index contributed by atoms with van der Waals surface area (Å²) in [5.41, 5.74) is 2.88. The normalized spacial score (nSPS) is 30.2. The van der Waals surface area contributed by atoms with Gasteiger partial charge < -0.3 is 0 Å². The molecule has 0 amide bonds. The zero-order chi connectivity index (χ0) is 19.5. The maximum atomic E-state index is 5.38. The van der Waals surface area contributed by atoms with Crippen LogP contribution in [-0.4, -0.2) is 36.3 Å². The molecule has 3 aliphatic heterocycles. The Balaban J connectivity index is 1.50. The summed E-state index contributed by atoms with van der Waals surface area (Å²) in [5.74, 6) is 1.86. The van der Waals surface area contributed by atoms with Crippen LogP contribution in [0.1, 0.15) is 62.0 Å². The SMILES string of the molecule is C(=N[C@@H]1C2CCN(CC2)[C@@H]1C(c1ccccc1)c1ccccc1)C1CCCCC1. The molecule has 0 unspecified atom stereocenters. The minimum Gasteiger partial charge on any atom is -0.297 e. The first-order chi connectivity index (χ1) is 14.4. The Morgan fingerprint density at radius 3 is 1.93 bits per heavy atom. The van der Waals surface area contributed by atoms with Crippen molar-refractivity contribution in [3.05, 3.63) is 71.8 Å². The summed E-state index contributed by atoms with van der Waals surface area (Å²) in [5, 5.41) is 0. The van der Waals surface area contributed by atoms with Crippen LogP contribution in [0.4, 0.5) is 0 Å². The van der Waals surface area contributed by atoms with Gasteiger partial charge in [0, 0.05) is 18.2 Å². The lowest BCUT2D eigenvalue weighted by Gasteiger charge is -2.52. The Hall–Kier alpha value is -1.93. The summed E-state index contributed by atoms with van der Waals surface area (Å²) in [6, 6.07) is 23.3. The van der Waals surface area contributed by atoms with Crippen molar-refractivity contribution in [2.24, 2.45) is 16.8 Å². The van der Waals surface area contributed by atoms with Crippen LogP contribution in [0.15, 0.2) is 65.7 Å². The Bertz CT molecular complexity index is 746. The smallest absolute Gasteiger partial charge is 0.0689 e. The zero-order valence-corrected chi connectivity index (χ0v) is 17.5. The zero-order valence-electron chi connectivity index (χ0n) is 17.5. The van der Waals surface area contributed by atoms with Gasteiger partial charge in [0.25, 0.3) is 0 Å². The van der Waals surface area contributed by atoms with Gasteiger partial charge in [-0.2, -0.15) is 0 Å². The molecule has 0 spiro atoms. The van der Waals surface area contributed by atoms with Crippen molar-refractivity contribution in [1.82, 2.24) is 4.90 Å². The minimum absolute atomic E-state index is 0.397. The lowest BCUT2D eigenvalue weighted by atomic mass is 9.70. The molecule has 29 heavy (non-hydrogen) atoms. The van der Waals surface area contributed by atoms with Gasteiger partial charge >= 0.3 is 0 Å². The summed E-state index contributed by atoms with van der Waals surface area (Å²) < 4.78 is 0. The third-order valence-electron chi connectivity index (χ3n) is 7.61. The van der Waals surface area contributed by atoms with Crippen molar-refractivity contribution < 1.29 is 0 Å². The molecule has 2 aromatic carbocycles. The molecule has 4 fully saturated rings. The van der Waals surface area contributed by atoms with Crippen LogP contribution in [0.3, 0.4) is 0 Å². The molecule has 0 aromatic heterocycles. The van der Waals surface area contributed by atoms with E-state index in [-0.39, 0.29) is 0 Å². The van der Waals surface area contributed by atoms with Gasteiger partial charge in [-0.25, -0.2) is 0 Å². The number of aliphatic imine (C=N–C) groups is 1. The highest BCUT2D eigenvalue weighted by atomic mass is 15.2. The van der Waals surface area contributed by atoms with Crippen LogP contribution < -0.4 is 0 Å². The van der Waals surface area contributed by atoms with Crippen molar-refractivity contribution in [2.75, 3.05) is 13.1 Å². The summed E-state index contributed by atoms with van der Waals surface area (Å²) in [6.45, 7) is 2.47. The molecule has 6 rings (SSSR count). The van der Waals surface area contributed by atoms with Gasteiger partial charge in [-0.15, -0.1) is 0 Å². The molecular formula is C27H34N2. The first-order valence-corrected chi connectivity index (χ1v) is 11.8. The van der Waals surface area contributed by atoms with E-state index in [1.807, 2.05) is 0 Å². The quantitative estimate of drug-likeness (QED) is 0.581. The van der Waals surface area contributed by atoms with E-state index in [2.05, 4.69) is 71.8 Å². The monoisotopic (exact) mass is 386 g/mol. The van der Waals surface area contributed by atoms with E-state index in [0.717, 1.165) is 5.92 Å². The molecule has 3 heterocycles. The Morgan fingerprint density at radius 1 is 0.759 bits per heavy atom. The van der Waals surface area contributed by atoms with Crippen molar-refractivity contribution in [3.8, 4) is 0 Å². The van der Waals surface area contributed by atoms with Crippen LogP contribution in [0, 0.1) is 11.8 Å². The molecule has 1 saturated carbocycles. The molecule has 0 N–H and O–H groups in total. The predicted octanol–water partition coefficient (Wildman–Crippen LogP) is 5.93. The van der Waals surface area contributed by atoms with E-state index in [0.29, 0.717) is 23.9 Å². The molecular weight excluding hydrogens is 352 g/mol. The number of benzene rings is 2. The summed E-state index contributed by atoms with van der Waals surface area (Å²) in [7, 11) is 0. The lowest BCUT2D eigenvalue weighted by Crippen LogP contribution is -2.59. The van der Waals surface area contributed by atoms with E-state index in [4.69, 9.17) is 4.99 Å². The second kappa shape index (κ2) is 8.83. The van der Waals surface area contributed by atoms with E-state index in [1.54, 1.807) is 0 Å². The molecule has 2 nitrogen and oxygen atoms in total. The Kier molecular flexibility index (Phi) is 5.80. The standard InChI is InChI=1S/C27H34N2/c1-4-10-21(11-5-1)20-28-26-24-16-18-29(19-17-24)27(26)25(22-12-6-2-7-13-22)23-14-8-3-9-15-23/h2-3,6-9,12-15,20-21,24-27H,1,4-5,10-11,16-19H2/t26-,27-/m1/s1. The number of hydrogen-bond donors (Lipinski definition) is 0. The fraction of sp³-hybridized carbons (Fsp3) is 0.519. The van der Waals surface area contributed by atoms with Gasteiger partial charge in [0.05, 0.1) is 6.04 Å². The van der Waals surface area contributed by atoms with Crippen molar-refractivity contribution in [1.29, 1.82) is 0 Å². The van der Waals surface area contributed by atoms with E-state index >= 15 is 0 Å². The van der Waals surface area contributed by atoms with Gasteiger partial charge in [0.2, 0.25) is 0 Å². The highest BCUT2D eigenvalue weighted by Crippen LogP contribution is 2.43. The highest BCUT2D eigenvalue weighted by Gasteiger charge is 2.46. The number of nitrogens with zero attached hydrogens (tertiary/aromatic N) is 2. The molecule has 2 aromatic rings. The summed E-state index contributed by atoms with van der Waals surface area (Å²) in [6.07, 6.45) is 11.9. The van der Waals surface area contributed by atoms with Crippen molar-refractivity contribution in [3.63, 3.8) is 0 Å². The van der Waals surface area contributed by atoms with Crippen LogP contribution in [-0.2, 0) is 0 Å². The van der Waals surface area contributed by atoms with Crippen LogP contribution >= 0.6 is 0 Å². The maximum Gasteiger partial charge on any atom is 0.0689 e. The van der Waals surface area contributed by atoms with Crippen LogP contribution in [0.25, 0.3) is 0 Å². The van der Waals surface area contributed by atoms with Crippen molar-refractivity contribution in [2.45, 2.75) is 62.9 Å². The van der Waals surface area contributed by atoms with E-state index in [9.17, 15) is 0 Å². The molecule has 152 valence electrons. The van der Waals surface area contributed by atoms with Crippen molar-refractivity contribution >= 4 is 6.21 Å². The lowest BCUT2D eigenvalue weighted by molar-refractivity contribution is 0.0213. The first kappa shape index (κ1) is 19.1. The van der Waals surface area contributed by atoms with Gasteiger partial charge in [-0.1, -0.05) is 79.9 Å². The molecule has 2 heteroatoms. The highest BCUT2D eigenvalue weighted by molar-refractivity contribution is 5.61. The second-order valence-corrected chi connectivity index (χ2v) is 9.35. The molecule has 2 bridgehead atoms.